The largest absolute Gasteiger partial charge is 0.471 e. The zero-order valence-corrected chi connectivity index (χ0v) is 16.6. The molecule has 150 valence electrons. The van der Waals surface area contributed by atoms with Crippen molar-refractivity contribution in [1.29, 1.82) is 0 Å². The minimum absolute atomic E-state index is 0.117. The number of Topliss-reactive ketones (excluding diaryl/α,β-unsaturated/α-hetero) is 1. The van der Waals surface area contributed by atoms with E-state index in [2.05, 4.69) is 38.9 Å². The fourth-order valence-corrected chi connectivity index (χ4v) is 5.47. The van der Waals surface area contributed by atoms with Crippen molar-refractivity contribution in [3.63, 3.8) is 0 Å². The lowest BCUT2D eigenvalue weighted by Crippen LogP contribution is -2.62. The van der Waals surface area contributed by atoms with Gasteiger partial charge in [-0.15, -0.1) is 0 Å². The number of H-pyrrole nitrogens is 1. The zero-order valence-electron chi connectivity index (χ0n) is 16.6. The summed E-state index contributed by atoms with van der Waals surface area (Å²) < 4.78 is 9.88. The Hall–Kier alpha value is -2.18. The number of nitrogens with zero attached hydrogens (tertiary/aromatic N) is 1. The number of piperidine rings is 1. The lowest BCUT2D eigenvalue weighted by atomic mass is 9.70. The van der Waals surface area contributed by atoms with Crippen molar-refractivity contribution < 1.29 is 19.1 Å². The second-order valence-electron chi connectivity index (χ2n) is 7.96. The van der Waals surface area contributed by atoms with E-state index in [4.69, 9.17) is 9.53 Å². The number of hydrogen-bond acceptors (Lipinski definition) is 5. The van der Waals surface area contributed by atoms with Crippen molar-refractivity contribution in [2.24, 2.45) is 0 Å². The molecule has 0 amide bonds. The Balaban J connectivity index is 0.000000442. The van der Waals surface area contributed by atoms with Crippen molar-refractivity contribution in [3.05, 3.63) is 35.5 Å². The van der Waals surface area contributed by atoms with E-state index in [1.807, 2.05) is 7.11 Å². The van der Waals surface area contributed by atoms with Gasteiger partial charge in [-0.2, -0.15) is 0 Å². The molecule has 1 aromatic heterocycles. The van der Waals surface area contributed by atoms with Gasteiger partial charge in [-0.3, -0.25) is 14.5 Å². The maximum absolute atomic E-state index is 12.1. The number of hydrogen-bond donors (Lipinski definition) is 1. The average molecular weight is 384 g/mol. The Kier molecular flexibility index (Phi) is 5.25. The highest BCUT2D eigenvalue weighted by atomic mass is 16.5. The van der Waals surface area contributed by atoms with E-state index in [1.165, 1.54) is 29.3 Å². The number of rotatable bonds is 2. The molecule has 3 unspecified atom stereocenters. The summed E-state index contributed by atoms with van der Waals surface area (Å²) in [6.45, 7) is 1.41. The summed E-state index contributed by atoms with van der Waals surface area (Å²) >= 11 is 0. The van der Waals surface area contributed by atoms with E-state index in [0.29, 0.717) is 31.1 Å². The van der Waals surface area contributed by atoms with Crippen molar-refractivity contribution in [2.45, 2.75) is 56.2 Å². The highest BCUT2D eigenvalue weighted by molar-refractivity contribution is 5.85. The third kappa shape index (κ3) is 3.05. The van der Waals surface area contributed by atoms with Crippen LogP contribution in [0.4, 0.5) is 0 Å². The third-order valence-electron chi connectivity index (χ3n) is 6.80. The number of methoxy groups -OCH3 is 2. The predicted octanol–water partition coefficient (Wildman–Crippen LogP) is 3.16. The minimum atomic E-state index is -0.117. The first kappa shape index (κ1) is 19.2. The Bertz CT molecular complexity index is 877. The van der Waals surface area contributed by atoms with E-state index >= 15 is 0 Å². The van der Waals surface area contributed by atoms with Crippen molar-refractivity contribution >= 4 is 23.2 Å². The van der Waals surface area contributed by atoms with Crippen molar-refractivity contribution in [1.82, 2.24) is 9.88 Å². The maximum Gasteiger partial charge on any atom is 0.292 e. The van der Waals surface area contributed by atoms with Crippen LogP contribution in [0.2, 0.25) is 0 Å². The van der Waals surface area contributed by atoms with Crippen LogP contribution in [0.5, 0.6) is 0 Å². The highest BCUT2D eigenvalue weighted by Gasteiger charge is 2.52. The molecule has 5 rings (SSSR count). The molecule has 0 radical (unpaired) electrons. The zero-order chi connectivity index (χ0) is 19.7. The number of ketones is 1. The predicted molar refractivity (Wildman–Crippen MR) is 106 cm³/mol. The molecule has 1 N–H and O–H groups in total. The number of ether oxygens (including phenoxy) is 2. The fourth-order valence-electron chi connectivity index (χ4n) is 5.47. The Morgan fingerprint density at radius 2 is 2.00 bits per heavy atom. The van der Waals surface area contributed by atoms with Gasteiger partial charge in [0.1, 0.15) is 5.78 Å². The molecule has 3 aliphatic rings. The first-order valence-corrected chi connectivity index (χ1v) is 10.0. The number of carbonyl (C=O) groups excluding carboxylic acids is 2. The molecule has 1 aliphatic carbocycles. The molecule has 0 spiro atoms. The van der Waals surface area contributed by atoms with Crippen LogP contribution in [-0.4, -0.2) is 54.5 Å². The summed E-state index contributed by atoms with van der Waals surface area (Å²) in [5.74, 6) is 0.399. The number of para-hydroxylation sites is 1. The van der Waals surface area contributed by atoms with Gasteiger partial charge in [-0.25, -0.2) is 0 Å². The first-order chi connectivity index (χ1) is 13.6. The van der Waals surface area contributed by atoms with Gasteiger partial charge >= 0.3 is 0 Å². The Morgan fingerprint density at radius 1 is 1.21 bits per heavy atom. The molecular weight excluding hydrogens is 356 g/mol. The molecule has 2 aromatic rings. The molecule has 6 nitrogen and oxygen atoms in total. The van der Waals surface area contributed by atoms with E-state index in [1.54, 1.807) is 0 Å². The van der Waals surface area contributed by atoms with E-state index in [0.717, 1.165) is 32.2 Å². The second-order valence-corrected chi connectivity index (χ2v) is 7.96. The topological polar surface area (TPSA) is 71.6 Å². The van der Waals surface area contributed by atoms with Gasteiger partial charge in [-0.1, -0.05) is 18.2 Å². The normalized spacial score (nSPS) is 29.1. The maximum atomic E-state index is 12.1. The van der Waals surface area contributed by atoms with Gasteiger partial charge in [0.15, 0.2) is 0 Å². The number of aromatic nitrogens is 1. The van der Waals surface area contributed by atoms with Gasteiger partial charge in [-0.05, 0) is 37.3 Å². The van der Waals surface area contributed by atoms with Gasteiger partial charge in [0.25, 0.3) is 6.47 Å². The van der Waals surface area contributed by atoms with Crippen LogP contribution >= 0.6 is 0 Å². The van der Waals surface area contributed by atoms with Gasteiger partial charge < -0.3 is 14.5 Å². The van der Waals surface area contributed by atoms with Gasteiger partial charge in [0.2, 0.25) is 0 Å². The standard InChI is InChI=1S/C20H24N2O2.C2H4O2/c1-24-20-9-6-13(23)12-18(20)22-11-8-15-14-4-2-3-5-16(14)21-19(15)17(22)7-10-20;1-4-2-3/h2-5,17-18,21H,6-12H2,1H3;2H,1H3. The number of fused-ring (bicyclic) bond motifs is 7. The molecule has 0 bridgehead atoms. The molecule has 2 aliphatic heterocycles. The van der Waals surface area contributed by atoms with Crippen LogP contribution in [-0.2, 0) is 25.5 Å². The lowest BCUT2D eigenvalue weighted by molar-refractivity contribution is -0.159. The van der Waals surface area contributed by atoms with Crippen LogP contribution in [0.3, 0.4) is 0 Å². The average Bonchev–Trinajstić information content (AvgIpc) is 3.13. The van der Waals surface area contributed by atoms with Crippen molar-refractivity contribution in [2.75, 3.05) is 20.8 Å². The minimum Gasteiger partial charge on any atom is -0.471 e. The number of aromatic amines is 1. The van der Waals surface area contributed by atoms with Crippen molar-refractivity contribution in [3.8, 4) is 0 Å². The summed E-state index contributed by atoms with van der Waals surface area (Å²) in [7, 11) is 3.15. The van der Waals surface area contributed by atoms with Crippen LogP contribution in [0.25, 0.3) is 10.9 Å². The molecule has 3 heterocycles. The van der Waals surface area contributed by atoms with E-state index in [-0.39, 0.29) is 11.6 Å². The summed E-state index contributed by atoms with van der Waals surface area (Å²) in [6.07, 6.45) is 5.44. The molecule has 6 heteroatoms. The number of benzene rings is 1. The number of carbonyl (C=O) groups is 2. The first-order valence-electron chi connectivity index (χ1n) is 10.0. The van der Waals surface area contributed by atoms with Crippen LogP contribution < -0.4 is 0 Å². The summed E-state index contributed by atoms with van der Waals surface area (Å²) in [6, 6.07) is 9.26. The molecular formula is C22H28N2O4. The van der Waals surface area contributed by atoms with Crippen LogP contribution in [0.1, 0.15) is 49.4 Å². The van der Waals surface area contributed by atoms with Gasteiger partial charge in [0.05, 0.1) is 18.8 Å². The van der Waals surface area contributed by atoms with Crippen LogP contribution in [0.15, 0.2) is 24.3 Å². The van der Waals surface area contributed by atoms with Gasteiger partial charge in [0, 0.05) is 49.1 Å². The lowest BCUT2D eigenvalue weighted by Gasteiger charge is -2.55. The molecule has 28 heavy (non-hydrogen) atoms. The molecule has 2 fully saturated rings. The molecule has 1 aromatic carbocycles. The molecule has 3 atom stereocenters. The fraction of sp³-hybridized carbons (Fsp3) is 0.545. The number of nitrogens with one attached hydrogen (secondary N) is 1. The monoisotopic (exact) mass is 384 g/mol. The summed E-state index contributed by atoms with van der Waals surface area (Å²) in [4.78, 5) is 27.4. The Labute approximate surface area is 165 Å². The smallest absolute Gasteiger partial charge is 0.292 e. The molecule has 1 saturated heterocycles. The third-order valence-corrected chi connectivity index (χ3v) is 6.80. The Morgan fingerprint density at radius 3 is 2.75 bits per heavy atom. The van der Waals surface area contributed by atoms with E-state index in [9.17, 15) is 4.79 Å². The van der Waals surface area contributed by atoms with E-state index < -0.39 is 0 Å². The SMILES string of the molecule is COC12CCC(=O)CC1N1CCc3c([nH]c4ccccc34)C1CC2.COC=O. The highest BCUT2D eigenvalue weighted by Crippen LogP contribution is 2.49. The molecule has 1 saturated carbocycles. The van der Waals surface area contributed by atoms with Crippen LogP contribution in [0, 0.1) is 0 Å². The summed E-state index contributed by atoms with van der Waals surface area (Å²) in [5.41, 5.74) is 3.99. The second kappa shape index (κ2) is 7.68. The quantitative estimate of drug-likeness (QED) is 0.806. The summed E-state index contributed by atoms with van der Waals surface area (Å²) in [5, 5.41) is 1.37.